The van der Waals surface area contributed by atoms with Gasteiger partial charge in [-0.15, -0.1) is 0 Å². The van der Waals surface area contributed by atoms with Crippen molar-refractivity contribution in [2.45, 2.75) is 6.42 Å². The average Bonchev–Trinajstić information content (AvgIpc) is 2.92. The summed E-state index contributed by atoms with van der Waals surface area (Å²) in [5.41, 5.74) is 2.02. The van der Waals surface area contributed by atoms with E-state index in [9.17, 15) is 4.79 Å². The lowest BCUT2D eigenvalue weighted by molar-refractivity contribution is -0.122. The molecular weight excluding hydrogens is 446 g/mol. The fraction of sp³-hybridized carbons (Fsp3) is 0.200. The Morgan fingerprint density at radius 2 is 1.93 bits per heavy atom. The number of thioether (sulfide) groups is 1. The van der Waals surface area contributed by atoms with Crippen molar-refractivity contribution in [2.75, 3.05) is 20.8 Å². The van der Waals surface area contributed by atoms with Gasteiger partial charge in [-0.05, 0) is 47.9 Å². The van der Waals surface area contributed by atoms with Gasteiger partial charge in [-0.3, -0.25) is 9.69 Å². The first-order chi connectivity index (χ1) is 13.0. The average molecular weight is 464 g/mol. The van der Waals surface area contributed by atoms with Gasteiger partial charge in [0.05, 0.1) is 19.1 Å². The molecule has 27 heavy (non-hydrogen) atoms. The molecule has 2 aromatic rings. The van der Waals surface area contributed by atoms with Crippen LogP contribution >= 0.6 is 39.9 Å². The van der Waals surface area contributed by atoms with Crippen molar-refractivity contribution in [3.05, 3.63) is 63.0 Å². The molecule has 0 aromatic heterocycles. The summed E-state index contributed by atoms with van der Waals surface area (Å²) >= 11 is 10.2. The van der Waals surface area contributed by atoms with E-state index in [0.29, 0.717) is 33.7 Å². The number of rotatable bonds is 6. The summed E-state index contributed by atoms with van der Waals surface area (Å²) in [6.45, 7) is 0.524. The van der Waals surface area contributed by atoms with Crippen LogP contribution in [0.15, 0.2) is 51.8 Å². The van der Waals surface area contributed by atoms with Gasteiger partial charge in [0, 0.05) is 11.0 Å². The Bertz CT molecular complexity index is 914. The third-order valence-electron chi connectivity index (χ3n) is 4.09. The van der Waals surface area contributed by atoms with E-state index in [4.69, 9.17) is 21.7 Å². The second-order valence-corrected chi connectivity index (χ2v) is 8.42. The highest BCUT2D eigenvalue weighted by atomic mass is 79.9. The predicted molar refractivity (Wildman–Crippen MR) is 117 cm³/mol. The number of ether oxygens (including phenoxy) is 2. The van der Waals surface area contributed by atoms with E-state index in [1.165, 1.54) is 11.8 Å². The minimum atomic E-state index is -0.0505. The summed E-state index contributed by atoms with van der Waals surface area (Å²) in [4.78, 5) is 15.0. The first kappa shape index (κ1) is 19.9. The molecule has 0 unspecified atom stereocenters. The Labute approximate surface area is 176 Å². The molecule has 0 N–H and O–H groups in total. The number of methoxy groups -OCH3 is 2. The summed E-state index contributed by atoms with van der Waals surface area (Å²) in [6.07, 6.45) is 2.55. The first-order valence-corrected chi connectivity index (χ1v) is 10.3. The first-order valence-electron chi connectivity index (χ1n) is 8.23. The lowest BCUT2D eigenvalue weighted by Gasteiger charge is -2.15. The topological polar surface area (TPSA) is 38.8 Å². The van der Waals surface area contributed by atoms with E-state index in [1.54, 1.807) is 19.1 Å². The minimum absolute atomic E-state index is 0.0505. The number of thiocarbonyl (C=S) groups is 1. The Kier molecular flexibility index (Phi) is 6.57. The van der Waals surface area contributed by atoms with Gasteiger partial charge < -0.3 is 9.47 Å². The highest BCUT2D eigenvalue weighted by molar-refractivity contribution is 9.10. The van der Waals surface area contributed by atoms with Gasteiger partial charge in [0.2, 0.25) is 0 Å². The highest BCUT2D eigenvalue weighted by Gasteiger charge is 2.31. The zero-order valence-corrected chi connectivity index (χ0v) is 18.1. The molecule has 0 atom stereocenters. The zero-order chi connectivity index (χ0) is 19.4. The number of amides is 1. The highest BCUT2D eigenvalue weighted by Crippen LogP contribution is 2.33. The Hall–Kier alpha value is -1.83. The van der Waals surface area contributed by atoms with Crippen LogP contribution in [0.4, 0.5) is 0 Å². The van der Waals surface area contributed by atoms with E-state index in [-0.39, 0.29) is 5.91 Å². The van der Waals surface area contributed by atoms with Crippen molar-refractivity contribution >= 4 is 56.2 Å². The number of benzene rings is 2. The second kappa shape index (κ2) is 8.91. The molecule has 7 heteroatoms. The van der Waals surface area contributed by atoms with Crippen LogP contribution in [0.3, 0.4) is 0 Å². The largest absolute Gasteiger partial charge is 0.493 e. The van der Waals surface area contributed by atoms with Crippen molar-refractivity contribution in [3.63, 3.8) is 0 Å². The normalized spacial score (nSPS) is 15.5. The molecule has 1 aliphatic heterocycles. The van der Waals surface area contributed by atoms with Crippen molar-refractivity contribution in [2.24, 2.45) is 0 Å². The van der Waals surface area contributed by atoms with E-state index in [1.807, 2.05) is 48.5 Å². The Morgan fingerprint density at radius 3 is 2.63 bits per heavy atom. The minimum Gasteiger partial charge on any atom is -0.493 e. The smallest absolute Gasteiger partial charge is 0.266 e. The summed E-state index contributed by atoms with van der Waals surface area (Å²) < 4.78 is 12.2. The molecule has 0 aliphatic carbocycles. The molecule has 1 fully saturated rings. The van der Waals surface area contributed by atoms with E-state index < -0.39 is 0 Å². The number of carbonyl (C=O) groups excluding carboxylic acids is 1. The van der Waals surface area contributed by atoms with Gasteiger partial charge in [0.15, 0.2) is 11.5 Å². The van der Waals surface area contributed by atoms with Crippen molar-refractivity contribution in [3.8, 4) is 11.5 Å². The van der Waals surface area contributed by atoms with E-state index >= 15 is 0 Å². The third-order valence-corrected chi connectivity index (χ3v) is 5.96. The maximum atomic E-state index is 12.7. The number of carbonyl (C=O) groups is 1. The fourth-order valence-corrected chi connectivity index (χ4v) is 4.44. The number of nitrogens with zero attached hydrogens (tertiary/aromatic N) is 1. The summed E-state index contributed by atoms with van der Waals surface area (Å²) in [7, 11) is 3.21. The Morgan fingerprint density at radius 1 is 1.15 bits per heavy atom. The molecular formula is C20H18BrNO3S2. The van der Waals surface area contributed by atoms with Crippen molar-refractivity contribution in [1.29, 1.82) is 0 Å². The predicted octanol–water partition coefficient (Wildman–Crippen LogP) is 4.91. The second-order valence-electron chi connectivity index (χ2n) is 5.83. The summed E-state index contributed by atoms with van der Waals surface area (Å²) in [5, 5.41) is 0. The van der Waals surface area contributed by atoms with Gasteiger partial charge >= 0.3 is 0 Å². The molecule has 2 aromatic carbocycles. The molecule has 0 saturated carbocycles. The Balaban J connectivity index is 1.71. The SMILES string of the molecule is COc1ccc(CCN2C(=O)/C(=C/c3cccc(Br)c3)SC2=S)cc1OC. The standard InChI is InChI=1S/C20H18BrNO3S2/c1-24-16-7-6-13(11-17(16)25-2)8-9-22-19(23)18(27-20(22)26)12-14-4-3-5-15(21)10-14/h3-7,10-12H,8-9H2,1-2H3/b18-12-. The van der Waals surface area contributed by atoms with Gasteiger partial charge in [-0.25, -0.2) is 0 Å². The molecule has 0 radical (unpaired) electrons. The molecule has 1 heterocycles. The molecule has 1 saturated heterocycles. The van der Waals surface area contributed by atoms with Crippen LogP contribution in [0.25, 0.3) is 6.08 Å². The maximum absolute atomic E-state index is 12.7. The molecule has 0 spiro atoms. The molecule has 3 rings (SSSR count). The third kappa shape index (κ3) is 4.72. The lowest BCUT2D eigenvalue weighted by atomic mass is 10.1. The van der Waals surface area contributed by atoms with Crippen LogP contribution in [0.1, 0.15) is 11.1 Å². The van der Waals surface area contributed by atoms with Crippen molar-refractivity contribution in [1.82, 2.24) is 4.90 Å². The summed E-state index contributed by atoms with van der Waals surface area (Å²) in [5.74, 6) is 1.31. The van der Waals surface area contributed by atoms with Gasteiger partial charge in [-0.2, -0.15) is 0 Å². The lowest BCUT2D eigenvalue weighted by Crippen LogP contribution is -2.30. The van der Waals surface area contributed by atoms with Crippen LogP contribution in [0.5, 0.6) is 11.5 Å². The fourth-order valence-electron chi connectivity index (χ4n) is 2.72. The zero-order valence-electron chi connectivity index (χ0n) is 14.9. The van der Waals surface area contributed by atoms with Crippen LogP contribution in [-0.2, 0) is 11.2 Å². The molecule has 140 valence electrons. The van der Waals surface area contributed by atoms with Gasteiger partial charge in [0.25, 0.3) is 5.91 Å². The van der Waals surface area contributed by atoms with Crippen LogP contribution in [0.2, 0.25) is 0 Å². The van der Waals surface area contributed by atoms with Crippen LogP contribution in [-0.4, -0.2) is 35.9 Å². The van der Waals surface area contributed by atoms with E-state index in [0.717, 1.165) is 15.6 Å². The molecule has 0 bridgehead atoms. The number of hydrogen-bond donors (Lipinski definition) is 0. The van der Waals surface area contributed by atoms with Gasteiger partial charge in [0.1, 0.15) is 4.32 Å². The monoisotopic (exact) mass is 463 g/mol. The van der Waals surface area contributed by atoms with Crippen molar-refractivity contribution < 1.29 is 14.3 Å². The number of halogens is 1. The molecule has 4 nitrogen and oxygen atoms in total. The quantitative estimate of drug-likeness (QED) is 0.449. The molecule has 1 amide bonds. The maximum Gasteiger partial charge on any atom is 0.266 e. The molecule has 1 aliphatic rings. The van der Waals surface area contributed by atoms with E-state index in [2.05, 4.69) is 15.9 Å². The van der Waals surface area contributed by atoms with Crippen LogP contribution in [0, 0.1) is 0 Å². The summed E-state index contributed by atoms with van der Waals surface area (Å²) in [6, 6.07) is 13.6. The van der Waals surface area contributed by atoms with Crippen LogP contribution < -0.4 is 9.47 Å². The number of hydrogen-bond acceptors (Lipinski definition) is 5. The van der Waals surface area contributed by atoms with Gasteiger partial charge in [-0.1, -0.05) is 58.1 Å².